The van der Waals surface area contributed by atoms with E-state index in [4.69, 9.17) is 9.84 Å². The predicted octanol–water partition coefficient (Wildman–Crippen LogP) is 2.96. The molecule has 1 aromatic heterocycles. The fourth-order valence-electron chi connectivity index (χ4n) is 3.39. The number of rotatable bonds is 1. The van der Waals surface area contributed by atoms with Crippen LogP contribution in [-0.4, -0.2) is 28.5 Å². The van der Waals surface area contributed by atoms with Gasteiger partial charge in [0.15, 0.2) is 0 Å². The molecule has 1 N–H and O–H groups in total. The van der Waals surface area contributed by atoms with Gasteiger partial charge in [0.05, 0.1) is 23.8 Å². The average Bonchev–Trinajstić information content (AvgIpc) is 3.02. The van der Waals surface area contributed by atoms with Crippen LogP contribution in [0.25, 0.3) is 10.9 Å². The van der Waals surface area contributed by atoms with Crippen molar-refractivity contribution in [2.75, 3.05) is 11.9 Å². The summed E-state index contributed by atoms with van der Waals surface area (Å²) in [7, 11) is 0. The number of nitrogens with one attached hydrogen (secondary N) is 1. The minimum Gasteiger partial charge on any atom is -0.373 e. The second-order valence-corrected chi connectivity index (χ2v) is 5.66. The summed E-state index contributed by atoms with van der Waals surface area (Å²) in [6.45, 7) is 3.18. The van der Waals surface area contributed by atoms with Gasteiger partial charge in [-0.3, -0.25) is 0 Å². The molecule has 1 saturated heterocycles. The quantitative estimate of drug-likeness (QED) is 0.853. The third kappa shape index (κ3) is 1.74. The van der Waals surface area contributed by atoms with Gasteiger partial charge in [0.25, 0.3) is 0 Å². The highest BCUT2D eigenvalue weighted by Gasteiger charge is 2.34. The van der Waals surface area contributed by atoms with Gasteiger partial charge in [-0.15, -0.1) is 0 Å². The molecule has 4 heteroatoms. The Balaban J connectivity index is 1.78. The van der Waals surface area contributed by atoms with Gasteiger partial charge in [-0.2, -0.15) is 5.10 Å². The number of benzene rings is 1. The Hall–Kier alpha value is -1.55. The predicted molar refractivity (Wildman–Crippen MR) is 75.4 cm³/mol. The molecule has 1 fully saturated rings. The van der Waals surface area contributed by atoms with Gasteiger partial charge in [-0.05, 0) is 38.3 Å². The summed E-state index contributed by atoms with van der Waals surface area (Å²) < 4.78 is 8.23. The van der Waals surface area contributed by atoms with Gasteiger partial charge in [0, 0.05) is 11.9 Å². The Bertz CT molecular complexity index is 606. The zero-order valence-electron chi connectivity index (χ0n) is 11.2. The Morgan fingerprint density at radius 3 is 3.00 bits per heavy atom. The number of nitrogens with zero attached hydrogens (tertiary/aromatic N) is 2. The second kappa shape index (κ2) is 4.23. The third-order valence-corrected chi connectivity index (χ3v) is 4.34. The minimum absolute atomic E-state index is 0.324. The lowest BCUT2D eigenvalue weighted by molar-refractivity contribution is 0.0175. The van der Waals surface area contributed by atoms with E-state index in [0.29, 0.717) is 18.2 Å². The molecule has 0 aliphatic carbocycles. The number of hydrogen-bond donors (Lipinski definition) is 1. The van der Waals surface area contributed by atoms with Gasteiger partial charge in [0.2, 0.25) is 0 Å². The molecule has 4 rings (SSSR count). The van der Waals surface area contributed by atoms with Crippen molar-refractivity contribution in [1.82, 2.24) is 9.78 Å². The van der Waals surface area contributed by atoms with E-state index in [-0.39, 0.29) is 0 Å². The highest BCUT2D eigenvalue weighted by atomic mass is 16.5. The number of hydrogen-bond acceptors (Lipinski definition) is 3. The monoisotopic (exact) mass is 257 g/mol. The first-order valence-corrected chi connectivity index (χ1v) is 7.19. The third-order valence-electron chi connectivity index (χ3n) is 4.34. The maximum absolute atomic E-state index is 6.06. The zero-order valence-corrected chi connectivity index (χ0v) is 11.2. The van der Waals surface area contributed by atoms with Crippen LogP contribution in [0.4, 0.5) is 5.82 Å². The number of anilines is 1. The molecule has 0 amide bonds. The molecule has 0 spiro atoms. The molecule has 0 bridgehead atoms. The number of ether oxygens (including phenoxy) is 1. The lowest BCUT2D eigenvalue weighted by Gasteiger charge is -2.30. The maximum atomic E-state index is 6.06. The van der Waals surface area contributed by atoms with Crippen LogP contribution in [0.5, 0.6) is 0 Å². The van der Waals surface area contributed by atoms with Crippen molar-refractivity contribution in [2.45, 2.75) is 44.4 Å². The Labute approximate surface area is 112 Å². The maximum Gasteiger partial charge on any atom is 0.132 e. The van der Waals surface area contributed by atoms with Crippen LogP contribution in [0.2, 0.25) is 0 Å². The van der Waals surface area contributed by atoms with Crippen LogP contribution in [0.1, 0.15) is 32.2 Å². The summed E-state index contributed by atoms with van der Waals surface area (Å²) in [5.74, 6) is 1.16. The normalized spacial score (nSPS) is 30.3. The molecule has 3 unspecified atom stereocenters. The van der Waals surface area contributed by atoms with Crippen molar-refractivity contribution in [1.29, 1.82) is 0 Å². The molecule has 0 saturated carbocycles. The van der Waals surface area contributed by atoms with E-state index in [1.54, 1.807) is 0 Å². The lowest BCUT2D eigenvalue weighted by atomic mass is 10.0. The first-order chi connectivity index (χ1) is 9.33. The first kappa shape index (κ1) is 11.3. The smallest absolute Gasteiger partial charge is 0.132 e. The van der Waals surface area contributed by atoms with Gasteiger partial charge in [-0.1, -0.05) is 12.1 Å². The molecule has 3 atom stereocenters. The second-order valence-electron chi connectivity index (χ2n) is 5.66. The highest BCUT2D eigenvalue weighted by Crippen LogP contribution is 2.37. The van der Waals surface area contributed by atoms with E-state index in [2.05, 4.69) is 35.1 Å². The highest BCUT2D eigenvalue weighted by molar-refractivity contribution is 5.90. The Morgan fingerprint density at radius 2 is 2.16 bits per heavy atom. The average molecular weight is 257 g/mol. The molecular formula is C15H19N3O. The van der Waals surface area contributed by atoms with Crippen LogP contribution < -0.4 is 5.32 Å². The zero-order chi connectivity index (χ0) is 12.8. The molecule has 100 valence electrons. The molecular weight excluding hydrogens is 238 g/mol. The Kier molecular flexibility index (Phi) is 2.52. The minimum atomic E-state index is 0.324. The van der Waals surface area contributed by atoms with Crippen molar-refractivity contribution in [3.63, 3.8) is 0 Å². The number of fused-ring (bicyclic) bond motifs is 3. The van der Waals surface area contributed by atoms with Crippen LogP contribution in [0.15, 0.2) is 24.3 Å². The standard InChI is InChI=1S/C15H19N3O/c1-10-6-7-14(19-10)13-8-9-16-15-11-4-2-3-5-12(11)17-18(13)15/h2-5,10,13-14,16H,6-9H2,1H3. The van der Waals surface area contributed by atoms with Gasteiger partial charge < -0.3 is 10.1 Å². The SMILES string of the molecule is CC1CCC(C2CCNc3c4ccccc4nn32)O1. The van der Waals surface area contributed by atoms with E-state index in [1.807, 2.05) is 6.07 Å². The van der Waals surface area contributed by atoms with E-state index < -0.39 is 0 Å². The molecule has 0 radical (unpaired) electrons. The molecule has 2 aliphatic rings. The fourth-order valence-corrected chi connectivity index (χ4v) is 3.39. The summed E-state index contributed by atoms with van der Waals surface area (Å²) >= 11 is 0. The van der Waals surface area contributed by atoms with Crippen LogP contribution in [0.3, 0.4) is 0 Å². The molecule has 1 aromatic carbocycles. The lowest BCUT2D eigenvalue weighted by Crippen LogP contribution is -2.32. The topological polar surface area (TPSA) is 39.1 Å². The molecule has 3 heterocycles. The van der Waals surface area contributed by atoms with Gasteiger partial charge in [0.1, 0.15) is 5.82 Å². The van der Waals surface area contributed by atoms with Crippen LogP contribution in [-0.2, 0) is 4.74 Å². The molecule has 19 heavy (non-hydrogen) atoms. The fraction of sp³-hybridized carbons (Fsp3) is 0.533. The van der Waals surface area contributed by atoms with Crippen molar-refractivity contribution in [3.05, 3.63) is 24.3 Å². The summed E-state index contributed by atoms with van der Waals surface area (Å²) in [5.41, 5.74) is 1.07. The molecule has 2 aromatic rings. The van der Waals surface area contributed by atoms with E-state index in [1.165, 1.54) is 11.8 Å². The summed E-state index contributed by atoms with van der Waals surface area (Å²) in [5, 5.41) is 9.49. The first-order valence-electron chi connectivity index (χ1n) is 7.19. The van der Waals surface area contributed by atoms with Gasteiger partial charge >= 0.3 is 0 Å². The van der Waals surface area contributed by atoms with Crippen LogP contribution >= 0.6 is 0 Å². The van der Waals surface area contributed by atoms with Gasteiger partial charge in [-0.25, -0.2) is 4.68 Å². The van der Waals surface area contributed by atoms with E-state index in [9.17, 15) is 0 Å². The van der Waals surface area contributed by atoms with E-state index >= 15 is 0 Å². The largest absolute Gasteiger partial charge is 0.373 e. The van der Waals surface area contributed by atoms with Crippen molar-refractivity contribution < 1.29 is 4.74 Å². The van der Waals surface area contributed by atoms with Crippen LogP contribution in [0, 0.1) is 0 Å². The number of aromatic nitrogens is 2. The van der Waals surface area contributed by atoms with Crippen molar-refractivity contribution in [2.24, 2.45) is 0 Å². The molecule has 2 aliphatic heterocycles. The van der Waals surface area contributed by atoms with E-state index in [0.717, 1.165) is 30.7 Å². The summed E-state index contributed by atoms with van der Waals surface area (Å²) in [6.07, 6.45) is 4.14. The van der Waals surface area contributed by atoms with Crippen molar-refractivity contribution >= 4 is 16.7 Å². The Morgan fingerprint density at radius 1 is 1.26 bits per heavy atom. The molecule has 4 nitrogen and oxygen atoms in total. The summed E-state index contributed by atoms with van der Waals surface area (Å²) in [6, 6.07) is 8.72. The summed E-state index contributed by atoms with van der Waals surface area (Å²) in [4.78, 5) is 0. The van der Waals surface area contributed by atoms with Crippen molar-refractivity contribution in [3.8, 4) is 0 Å².